The molecule has 112 valence electrons. The van der Waals surface area contributed by atoms with Crippen LogP contribution in [0.1, 0.15) is 53.4 Å². The number of nitrogens with one attached hydrogen (secondary N) is 1. The molecule has 1 heterocycles. The van der Waals surface area contributed by atoms with Crippen LogP contribution in [0, 0.1) is 0 Å². The molecule has 0 spiro atoms. The molecule has 0 aromatic rings. The SMILES string of the molecule is CCNC(CCN1[C@H](C)CCC[C@@H]1C)C(=O)OCC. The average Bonchev–Trinajstić information content (AvgIpc) is 2.37. The Kier molecular flexibility index (Phi) is 7.39. The minimum absolute atomic E-state index is 0.110. The van der Waals surface area contributed by atoms with E-state index in [4.69, 9.17) is 4.74 Å². The third kappa shape index (κ3) is 5.11. The topological polar surface area (TPSA) is 41.6 Å². The summed E-state index contributed by atoms with van der Waals surface area (Å²) in [5, 5.41) is 3.24. The number of hydrogen-bond acceptors (Lipinski definition) is 4. The Hall–Kier alpha value is -0.610. The largest absolute Gasteiger partial charge is 0.465 e. The Bertz CT molecular complexity index is 261. The Balaban J connectivity index is 2.47. The van der Waals surface area contributed by atoms with Crippen molar-refractivity contribution in [1.82, 2.24) is 10.2 Å². The summed E-state index contributed by atoms with van der Waals surface area (Å²) in [4.78, 5) is 14.4. The maximum atomic E-state index is 11.9. The van der Waals surface area contributed by atoms with Crippen LogP contribution in [-0.2, 0) is 9.53 Å². The molecule has 1 rings (SSSR count). The molecule has 0 saturated carbocycles. The van der Waals surface area contributed by atoms with Crippen LogP contribution < -0.4 is 5.32 Å². The molecule has 1 aliphatic heterocycles. The summed E-state index contributed by atoms with van der Waals surface area (Å²) >= 11 is 0. The lowest BCUT2D eigenvalue weighted by atomic mass is 9.97. The lowest BCUT2D eigenvalue weighted by Crippen LogP contribution is -2.47. The second-order valence-corrected chi connectivity index (χ2v) is 5.52. The molecule has 19 heavy (non-hydrogen) atoms. The van der Waals surface area contributed by atoms with E-state index >= 15 is 0 Å². The number of piperidine rings is 1. The van der Waals surface area contributed by atoms with E-state index in [1.165, 1.54) is 19.3 Å². The number of likely N-dealkylation sites (tertiary alicyclic amines) is 1. The maximum Gasteiger partial charge on any atom is 0.323 e. The van der Waals surface area contributed by atoms with E-state index in [2.05, 4.69) is 24.1 Å². The number of ether oxygens (including phenoxy) is 1. The van der Waals surface area contributed by atoms with E-state index < -0.39 is 0 Å². The molecule has 1 aliphatic rings. The van der Waals surface area contributed by atoms with Crippen LogP contribution in [0.2, 0.25) is 0 Å². The van der Waals surface area contributed by atoms with Crippen molar-refractivity contribution in [2.24, 2.45) is 0 Å². The van der Waals surface area contributed by atoms with E-state index in [0.717, 1.165) is 19.5 Å². The van der Waals surface area contributed by atoms with Crippen LogP contribution in [0.4, 0.5) is 0 Å². The van der Waals surface area contributed by atoms with Gasteiger partial charge in [-0.1, -0.05) is 13.3 Å². The van der Waals surface area contributed by atoms with Gasteiger partial charge in [0.25, 0.3) is 0 Å². The van der Waals surface area contributed by atoms with Crippen molar-refractivity contribution >= 4 is 5.97 Å². The number of likely N-dealkylation sites (N-methyl/N-ethyl adjacent to an activating group) is 1. The molecular weight excluding hydrogens is 240 g/mol. The van der Waals surface area contributed by atoms with Gasteiger partial charge >= 0.3 is 5.97 Å². The molecule has 0 aromatic heterocycles. The highest BCUT2D eigenvalue weighted by atomic mass is 16.5. The smallest absolute Gasteiger partial charge is 0.323 e. The van der Waals surface area contributed by atoms with Crippen LogP contribution in [0.25, 0.3) is 0 Å². The highest BCUT2D eigenvalue weighted by Gasteiger charge is 2.26. The molecular formula is C15H30N2O2. The fraction of sp³-hybridized carbons (Fsp3) is 0.933. The van der Waals surface area contributed by atoms with Crippen molar-refractivity contribution in [2.75, 3.05) is 19.7 Å². The predicted molar refractivity (Wildman–Crippen MR) is 78.2 cm³/mol. The molecule has 0 amide bonds. The summed E-state index contributed by atoms with van der Waals surface area (Å²) in [7, 11) is 0. The molecule has 1 fully saturated rings. The van der Waals surface area contributed by atoms with Crippen LogP contribution in [0.3, 0.4) is 0 Å². The molecule has 0 aromatic carbocycles. The van der Waals surface area contributed by atoms with Crippen LogP contribution in [-0.4, -0.2) is 48.7 Å². The first kappa shape index (κ1) is 16.4. The van der Waals surface area contributed by atoms with Gasteiger partial charge in [-0.3, -0.25) is 9.69 Å². The molecule has 4 heteroatoms. The zero-order valence-corrected chi connectivity index (χ0v) is 12.9. The molecule has 1 saturated heterocycles. The zero-order valence-electron chi connectivity index (χ0n) is 12.9. The predicted octanol–water partition coefficient (Wildman–Crippen LogP) is 2.18. The lowest BCUT2D eigenvalue weighted by Gasteiger charge is -2.39. The number of rotatable bonds is 7. The summed E-state index contributed by atoms with van der Waals surface area (Å²) in [6.45, 7) is 10.7. The number of carbonyl (C=O) groups excluding carboxylic acids is 1. The number of nitrogens with zero attached hydrogens (tertiary/aromatic N) is 1. The minimum atomic E-state index is -0.161. The van der Waals surface area contributed by atoms with Gasteiger partial charge in [-0.05, 0) is 46.6 Å². The highest BCUT2D eigenvalue weighted by molar-refractivity contribution is 5.75. The first-order valence-corrected chi connectivity index (χ1v) is 7.75. The second kappa shape index (κ2) is 8.54. The summed E-state index contributed by atoms with van der Waals surface area (Å²) in [5.41, 5.74) is 0. The van der Waals surface area contributed by atoms with Crippen molar-refractivity contribution < 1.29 is 9.53 Å². The van der Waals surface area contributed by atoms with Gasteiger partial charge in [-0.25, -0.2) is 0 Å². The van der Waals surface area contributed by atoms with Gasteiger partial charge in [0.2, 0.25) is 0 Å². The molecule has 0 bridgehead atoms. The first-order chi connectivity index (χ1) is 9.10. The van der Waals surface area contributed by atoms with Gasteiger partial charge in [0, 0.05) is 18.6 Å². The summed E-state index contributed by atoms with van der Waals surface area (Å²) in [6.07, 6.45) is 4.71. The second-order valence-electron chi connectivity index (χ2n) is 5.52. The van der Waals surface area contributed by atoms with E-state index in [0.29, 0.717) is 18.7 Å². The number of carbonyl (C=O) groups is 1. The molecule has 1 N–H and O–H groups in total. The monoisotopic (exact) mass is 270 g/mol. The summed E-state index contributed by atoms with van der Waals surface area (Å²) in [5.74, 6) is -0.110. The quantitative estimate of drug-likeness (QED) is 0.720. The van der Waals surface area contributed by atoms with Crippen molar-refractivity contribution in [2.45, 2.75) is 71.5 Å². The number of esters is 1. The van der Waals surface area contributed by atoms with Crippen LogP contribution >= 0.6 is 0 Å². The normalized spacial score (nSPS) is 26.1. The molecule has 0 aliphatic carbocycles. The maximum absolute atomic E-state index is 11.9. The van der Waals surface area contributed by atoms with Gasteiger partial charge < -0.3 is 10.1 Å². The van der Waals surface area contributed by atoms with Crippen LogP contribution in [0.5, 0.6) is 0 Å². The van der Waals surface area contributed by atoms with Gasteiger partial charge in [0.05, 0.1) is 6.61 Å². The van der Waals surface area contributed by atoms with Crippen molar-refractivity contribution in [1.29, 1.82) is 0 Å². The lowest BCUT2D eigenvalue weighted by molar-refractivity contribution is -0.146. The molecule has 0 radical (unpaired) electrons. The van der Waals surface area contributed by atoms with Crippen molar-refractivity contribution in [3.05, 3.63) is 0 Å². The fourth-order valence-electron chi connectivity index (χ4n) is 2.99. The van der Waals surface area contributed by atoms with Gasteiger partial charge in [-0.15, -0.1) is 0 Å². The fourth-order valence-corrected chi connectivity index (χ4v) is 2.99. The standard InChI is InChI=1S/C15H30N2O2/c1-5-16-14(15(18)19-6-2)10-11-17-12(3)8-7-9-13(17)4/h12-14,16H,5-11H2,1-4H3/t12-,13+,14?. The summed E-state index contributed by atoms with van der Waals surface area (Å²) < 4.78 is 5.13. The Labute approximate surface area is 117 Å². The van der Waals surface area contributed by atoms with Gasteiger partial charge in [-0.2, -0.15) is 0 Å². The summed E-state index contributed by atoms with van der Waals surface area (Å²) in [6, 6.07) is 1.10. The van der Waals surface area contributed by atoms with Gasteiger partial charge in [0.15, 0.2) is 0 Å². The van der Waals surface area contributed by atoms with Gasteiger partial charge in [0.1, 0.15) is 6.04 Å². The molecule has 3 atom stereocenters. The Morgan fingerprint density at radius 3 is 2.47 bits per heavy atom. The third-order valence-corrected chi connectivity index (χ3v) is 4.07. The first-order valence-electron chi connectivity index (χ1n) is 7.75. The Morgan fingerprint density at radius 1 is 1.32 bits per heavy atom. The minimum Gasteiger partial charge on any atom is -0.465 e. The Morgan fingerprint density at radius 2 is 1.95 bits per heavy atom. The van der Waals surface area contributed by atoms with E-state index in [9.17, 15) is 4.79 Å². The zero-order chi connectivity index (χ0) is 14.3. The third-order valence-electron chi connectivity index (χ3n) is 4.07. The van der Waals surface area contributed by atoms with E-state index in [1.54, 1.807) is 0 Å². The number of hydrogen-bond donors (Lipinski definition) is 1. The van der Waals surface area contributed by atoms with Crippen molar-refractivity contribution in [3.8, 4) is 0 Å². The average molecular weight is 270 g/mol. The van der Waals surface area contributed by atoms with Crippen molar-refractivity contribution in [3.63, 3.8) is 0 Å². The molecule has 1 unspecified atom stereocenters. The van der Waals surface area contributed by atoms with E-state index in [-0.39, 0.29) is 12.0 Å². The highest BCUT2D eigenvalue weighted by Crippen LogP contribution is 2.22. The molecule has 4 nitrogen and oxygen atoms in total. The van der Waals surface area contributed by atoms with E-state index in [1.807, 2.05) is 13.8 Å². The van der Waals surface area contributed by atoms with Crippen LogP contribution in [0.15, 0.2) is 0 Å².